The molecule has 2 aromatic rings. The van der Waals surface area contributed by atoms with E-state index >= 15 is 0 Å². The number of ketones is 1. The van der Waals surface area contributed by atoms with Crippen LogP contribution in [0.3, 0.4) is 0 Å². The van der Waals surface area contributed by atoms with Crippen LogP contribution in [0.1, 0.15) is 29.3 Å². The minimum Gasteiger partial charge on any atom is -0.507 e. The topological polar surface area (TPSA) is 65.0 Å². The predicted molar refractivity (Wildman–Crippen MR) is 91.5 cm³/mol. The maximum atomic E-state index is 12.5. The molecule has 0 spiro atoms. The number of aromatic hydroxyl groups is 1. The number of rotatable bonds is 8. The van der Waals surface area contributed by atoms with E-state index in [1.165, 1.54) is 13.2 Å². The summed E-state index contributed by atoms with van der Waals surface area (Å²) >= 11 is 0. The lowest BCUT2D eigenvalue weighted by molar-refractivity contribution is 0.0977. The molecule has 0 heterocycles. The van der Waals surface area contributed by atoms with Gasteiger partial charge < -0.3 is 19.3 Å². The number of phenols is 1. The van der Waals surface area contributed by atoms with Crippen molar-refractivity contribution in [3.8, 4) is 23.0 Å². The smallest absolute Gasteiger partial charge is 0.170 e. The summed E-state index contributed by atoms with van der Waals surface area (Å²) in [5.74, 6) is 1.26. The van der Waals surface area contributed by atoms with Crippen molar-refractivity contribution in [1.82, 2.24) is 0 Å². The highest BCUT2D eigenvalue weighted by molar-refractivity contribution is 6.01. The first-order valence-electron chi connectivity index (χ1n) is 7.79. The van der Waals surface area contributed by atoms with Gasteiger partial charge in [-0.1, -0.05) is 12.1 Å². The second-order valence-electron chi connectivity index (χ2n) is 5.22. The van der Waals surface area contributed by atoms with Crippen LogP contribution in [0, 0.1) is 0 Å². The van der Waals surface area contributed by atoms with Gasteiger partial charge in [-0.15, -0.1) is 0 Å². The Morgan fingerprint density at radius 3 is 2.33 bits per heavy atom. The van der Waals surface area contributed by atoms with Gasteiger partial charge in [0, 0.05) is 18.6 Å². The number of carbonyl (C=O) groups excluding carboxylic acids is 1. The lowest BCUT2D eigenvalue weighted by Crippen LogP contribution is -2.05. The fraction of sp³-hybridized carbons (Fsp3) is 0.316. The van der Waals surface area contributed by atoms with E-state index in [-0.39, 0.29) is 23.5 Å². The van der Waals surface area contributed by atoms with Gasteiger partial charge >= 0.3 is 0 Å². The Kier molecular flexibility index (Phi) is 6.07. The molecule has 0 fully saturated rings. The molecular formula is C19H22O5. The molecule has 2 aromatic carbocycles. The Bertz CT molecular complexity index is 692. The minimum atomic E-state index is -0.178. The van der Waals surface area contributed by atoms with Crippen molar-refractivity contribution >= 4 is 5.78 Å². The van der Waals surface area contributed by atoms with Gasteiger partial charge in [-0.25, -0.2) is 0 Å². The molecule has 0 aromatic heterocycles. The Balaban J connectivity index is 2.13. The molecule has 0 atom stereocenters. The van der Waals surface area contributed by atoms with E-state index in [1.807, 2.05) is 31.2 Å². The minimum absolute atomic E-state index is 0.127. The number of methoxy groups -OCH3 is 2. The van der Waals surface area contributed by atoms with Crippen molar-refractivity contribution in [2.45, 2.75) is 19.8 Å². The van der Waals surface area contributed by atoms with E-state index in [1.54, 1.807) is 13.2 Å². The Morgan fingerprint density at radius 2 is 1.75 bits per heavy atom. The summed E-state index contributed by atoms with van der Waals surface area (Å²) in [7, 11) is 3.07. The maximum absolute atomic E-state index is 12.5. The molecule has 1 N–H and O–H groups in total. The highest BCUT2D eigenvalue weighted by atomic mass is 16.5. The molecule has 0 saturated carbocycles. The number of benzene rings is 2. The largest absolute Gasteiger partial charge is 0.507 e. The average molecular weight is 330 g/mol. The summed E-state index contributed by atoms with van der Waals surface area (Å²) in [5, 5.41) is 10.2. The first kappa shape index (κ1) is 17.7. The zero-order valence-corrected chi connectivity index (χ0v) is 14.2. The van der Waals surface area contributed by atoms with Crippen LogP contribution in [0.2, 0.25) is 0 Å². The Hall–Kier alpha value is -2.69. The molecule has 0 unspecified atom stereocenters. The number of hydrogen-bond donors (Lipinski definition) is 1. The quantitative estimate of drug-likeness (QED) is 0.749. The van der Waals surface area contributed by atoms with Crippen molar-refractivity contribution in [1.29, 1.82) is 0 Å². The zero-order chi connectivity index (χ0) is 17.5. The SMILES string of the molecule is CCOc1cc(O)c(C(=O)CCc2ccc(OC)cc2)c(OC)c1. The molecule has 0 aliphatic carbocycles. The van der Waals surface area contributed by atoms with Gasteiger partial charge in [0.15, 0.2) is 5.78 Å². The summed E-state index contributed by atoms with van der Waals surface area (Å²) in [5.41, 5.74) is 1.21. The fourth-order valence-electron chi connectivity index (χ4n) is 2.44. The van der Waals surface area contributed by atoms with Gasteiger partial charge in [0.05, 0.1) is 20.8 Å². The van der Waals surface area contributed by atoms with E-state index in [4.69, 9.17) is 14.2 Å². The first-order chi connectivity index (χ1) is 11.6. The molecule has 5 heteroatoms. The van der Waals surface area contributed by atoms with E-state index in [9.17, 15) is 9.90 Å². The van der Waals surface area contributed by atoms with Gasteiger partial charge in [-0.2, -0.15) is 0 Å². The van der Waals surface area contributed by atoms with Gasteiger partial charge in [-0.05, 0) is 31.0 Å². The number of Topliss-reactive ketones (excluding diaryl/α,β-unsaturated/α-hetero) is 1. The zero-order valence-electron chi connectivity index (χ0n) is 14.2. The third-order valence-electron chi connectivity index (χ3n) is 3.66. The molecular weight excluding hydrogens is 308 g/mol. The summed E-state index contributed by atoms with van der Waals surface area (Å²) in [4.78, 5) is 12.5. The Labute approximate surface area is 141 Å². The predicted octanol–water partition coefficient (Wildman–Crippen LogP) is 3.62. The van der Waals surface area contributed by atoms with Crippen LogP contribution < -0.4 is 14.2 Å². The standard InChI is InChI=1S/C19H22O5/c1-4-24-15-11-17(21)19(18(12-15)23-3)16(20)10-7-13-5-8-14(22-2)9-6-13/h5-6,8-9,11-12,21H,4,7,10H2,1-3H3. The molecule has 0 aliphatic rings. The number of hydrogen-bond acceptors (Lipinski definition) is 5. The van der Waals surface area contributed by atoms with E-state index in [2.05, 4.69) is 0 Å². The van der Waals surface area contributed by atoms with Crippen LogP contribution in [0.25, 0.3) is 0 Å². The van der Waals surface area contributed by atoms with Crippen LogP contribution in [-0.2, 0) is 6.42 Å². The summed E-state index contributed by atoms with van der Waals surface area (Å²) in [6, 6.07) is 10.6. The second kappa shape index (κ2) is 8.24. The van der Waals surface area contributed by atoms with E-state index in [0.717, 1.165) is 11.3 Å². The number of carbonyl (C=O) groups is 1. The van der Waals surface area contributed by atoms with Gasteiger partial charge in [0.1, 0.15) is 28.6 Å². The van der Waals surface area contributed by atoms with Crippen molar-refractivity contribution in [2.75, 3.05) is 20.8 Å². The molecule has 0 aliphatic heterocycles. The van der Waals surface area contributed by atoms with Crippen LogP contribution in [0.5, 0.6) is 23.0 Å². The molecule has 5 nitrogen and oxygen atoms in total. The second-order valence-corrected chi connectivity index (χ2v) is 5.22. The number of aryl methyl sites for hydroxylation is 1. The third kappa shape index (κ3) is 4.19. The molecule has 0 bridgehead atoms. The van der Waals surface area contributed by atoms with Gasteiger partial charge in [0.25, 0.3) is 0 Å². The molecule has 128 valence electrons. The van der Waals surface area contributed by atoms with Crippen molar-refractivity contribution in [3.63, 3.8) is 0 Å². The van der Waals surface area contributed by atoms with Crippen LogP contribution in [0.15, 0.2) is 36.4 Å². The monoisotopic (exact) mass is 330 g/mol. The van der Waals surface area contributed by atoms with Gasteiger partial charge in [-0.3, -0.25) is 4.79 Å². The molecule has 0 radical (unpaired) electrons. The normalized spacial score (nSPS) is 10.3. The van der Waals surface area contributed by atoms with Crippen molar-refractivity contribution in [2.24, 2.45) is 0 Å². The van der Waals surface area contributed by atoms with E-state index < -0.39 is 0 Å². The maximum Gasteiger partial charge on any atom is 0.170 e. The third-order valence-corrected chi connectivity index (χ3v) is 3.66. The number of ether oxygens (including phenoxy) is 3. The lowest BCUT2D eigenvalue weighted by Gasteiger charge is -2.12. The van der Waals surface area contributed by atoms with Crippen LogP contribution in [-0.4, -0.2) is 31.7 Å². The summed E-state index contributed by atoms with van der Waals surface area (Å²) in [6.07, 6.45) is 0.836. The van der Waals surface area contributed by atoms with Crippen molar-refractivity contribution < 1.29 is 24.1 Å². The summed E-state index contributed by atoms with van der Waals surface area (Å²) in [6.45, 7) is 2.31. The average Bonchev–Trinajstić information content (AvgIpc) is 2.59. The molecule has 2 rings (SSSR count). The van der Waals surface area contributed by atoms with Gasteiger partial charge in [0.2, 0.25) is 0 Å². The van der Waals surface area contributed by atoms with Crippen LogP contribution in [0.4, 0.5) is 0 Å². The van der Waals surface area contributed by atoms with Crippen LogP contribution >= 0.6 is 0 Å². The molecule has 0 saturated heterocycles. The fourth-order valence-corrected chi connectivity index (χ4v) is 2.44. The first-order valence-corrected chi connectivity index (χ1v) is 7.79. The highest BCUT2D eigenvalue weighted by Gasteiger charge is 2.19. The molecule has 0 amide bonds. The Morgan fingerprint density at radius 1 is 1.04 bits per heavy atom. The van der Waals surface area contributed by atoms with Crippen molar-refractivity contribution in [3.05, 3.63) is 47.5 Å². The summed E-state index contributed by atoms with van der Waals surface area (Å²) < 4.78 is 15.7. The number of phenolic OH excluding ortho intramolecular Hbond substituents is 1. The van der Waals surface area contributed by atoms with E-state index in [0.29, 0.717) is 24.5 Å². The molecule has 24 heavy (non-hydrogen) atoms. The highest BCUT2D eigenvalue weighted by Crippen LogP contribution is 2.34. The lowest BCUT2D eigenvalue weighted by atomic mass is 10.0.